The lowest BCUT2D eigenvalue weighted by Crippen LogP contribution is -2.30. The van der Waals surface area contributed by atoms with Crippen molar-refractivity contribution in [2.75, 3.05) is 27.3 Å². The maximum absolute atomic E-state index is 11.1. The van der Waals surface area contributed by atoms with Crippen molar-refractivity contribution in [1.29, 1.82) is 0 Å². The molecule has 1 aromatic rings. The number of esters is 1. The van der Waals surface area contributed by atoms with Gasteiger partial charge in [0.1, 0.15) is 18.1 Å². The molecule has 2 rings (SSSR count). The molecule has 0 amide bonds. The van der Waals surface area contributed by atoms with Gasteiger partial charge in [-0.3, -0.25) is 4.98 Å². The van der Waals surface area contributed by atoms with E-state index in [1.807, 2.05) is 12.1 Å². The molecule has 1 aliphatic rings. The summed E-state index contributed by atoms with van der Waals surface area (Å²) >= 11 is 0. The number of likely N-dealkylation sites (N-methyl/N-ethyl adjacent to an activating group) is 1. The van der Waals surface area contributed by atoms with Gasteiger partial charge in [-0.2, -0.15) is 0 Å². The van der Waals surface area contributed by atoms with E-state index in [4.69, 9.17) is 4.74 Å². The van der Waals surface area contributed by atoms with Crippen LogP contribution in [-0.4, -0.2) is 49.2 Å². The topological polar surface area (TPSA) is 51.7 Å². The molecule has 0 spiro atoms. The van der Waals surface area contributed by atoms with E-state index in [2.05, 4.69) is 21.7 Å². The number of nitrogens with zero attached hydrogens (tertiary/aromatic N) is 2. The Morgan fingerprint density at radius 1 is 1.60 bits per heavy atom. The Morgan fingerprint density at radius 2 is 2.45 bits per heavy atom. The van der Waals surface area contributed by atoms with E-state index in [9.17, 15) is 4.79 Å². The molecule has 1 fully saturated rings. The minimum Gasteiger partial charge on any atom is -0.490 e. The number of carbonyl (C=O) groups excluding carboxylic acids is 1. The Hall–Kier alpha value is -1.88. The fourth-order valence-corrected chi connectivity index (χ4v) is 2.24. The maximum Gasteiger partial charge on any atom is 0.330 e. The summed E-state index contributed by atoms with van der Waals surface area (Å²) in [5, 5.41) is 0. The highest BCUT2D eigenvalue weighted by Gasteiger charge is 2.21. The van der Waals surface area contributed by atoms with Crippen LogP contribution < -0.4 is 4.74 Å². The van der Waals surface area contributed by atoms with Crippen molar-refractivity contribution >= 4 is 12.0 Å². The number of methoxy groups -OCH3 is 1. The van der Waals surface area contributed by atoms with Crippen LogP contribution in [-0.2, 0) is 9.53 Å². The fraction of sp³-hybridized carbons (Fsp3) is 0.467. The van der Waals surface area contributed by atoms with Crippen molar-refractivity contribution in [2.45, 2.75) is 18.9 Å². The lowest BCUT2D eigenvalue weighted by atomic mass is 10.2. The molecule has 1 saturated heterocycles. The number of hydrogen-bond acceptors (Lipinski definition) is 5. The molecule has 0 radical (unpaired) electrons. The third-order valence-electron chi connectivity index (χ3n) is 3.48. The highest BCUT2D eigenvalue weighted by atomic mass is 16.5. The predicted molar refractivity (Wildman–Crippen MR) is 76.4 cm³/mol. The van der Waals surface area contributed by atoms with Crippen LogP contribution in [0.2, 0.25) is 0 Å². The third kappa shape index (κ3) is 3.81. The van der Waals surface area contributed by atoms with Crippen LogP contribution in [0.1, 0.15) is 18.5 Å². The summed E-state index contributed by atoms with van der Waals surface area (Å²) < 4.78 is 10.4. The van der Waals surface area contributed by atoms with Gasteiger partial charge in [0.25, 0.3) is 0 Å². The molecular formula is C15H20N2O3. The second-order valence-corrected chi connectivity index (χ2v) is 4.83. The number of ether oxygens (including phenoxy) is 2. The summed E-state index contributed by atoms with van der Waals surface area (Å²) in [4.78, 5) is 17.6. The summed E-state index contributed by atoms with van der Waals surface area (Å²) in [5.41, 5.74) is 0.638. The summed E-state index contributed by atoms with van der Waals surface area (Å²) in [6, 6.07) is 4.13. The average molecular weight is 276 g/mol. The molecule has 20 heavy (non-hydrogen) atoms. The number of hydrogen-bond donors (Lipinski definition) is 0. The minimum absolute atomic E-state index is 0.405. The first-order chi connectivity index (χ1) is 9.70. The monoisotopic (exact) mass is 276 g/mol. The summed E-state index contributed by atoms with van der Waals surface area (Å²) in [7, 11) is 3.46. The lowest BCUT2D eigenvalue weighted by Gasteiger charge is -2.20. The first kappa shape index (κ1) is 14.5. The van der Waals surface area contributed by atoms with Crippen molar-refractivity contribution in [3.8, 4) is 5.75 Å². The lowest BCUT2D eigenvalue weighted by molar-refractivity contribution is -0.134. The second-order valence-electron chi connectivity index (χ2n) is 4.83. The van der Waals surface area contributed by atoms with Gasteiger partial charge in [0.15, 0.2) is 0 Å². The molecule has 0 aromatic carbocycles. The van der Waals surface area contributed by atoms with E-state index >= 15 is 0 Å². The van der Waals surface area contributed by atoms with Gasteiger partial charge in [-0.15, -0.1) is 0 Å². The van der Waals surface area contributed by atoms with E-state index in [1.54, 1.807) is 12.3 Å². The molecule has 5 heteroatoms. The van der Waals surface area contributed by atoms with Crippen LogP contribution in [0.3, 0.4) is 0 Å². The molecule has 2 heterocycles. The number of rotatable bonds is 5. The zero-order valence-corrected chi connectivity index (χ0v) is 11.9. The first-order valence-corrected chi connectivity index (χ1v) is 6.75. The van der Waals surface area contributed by atoms with Gasteiger partial charge in [-0.1, -0.05) is 0 Å². The van der Waals surface area contributed by atoms with E-state index < -0.39 is 5.97 Å². The van der Waals surface area contributed by atoms with Crippen LogP contribution in [0.25, 0.3) is 6.08 Å². The van der Waals surface area contributed by atoms with E-state index in [0.29, 0.717) is 24.1 Å². The average Bonchev–Trinajstić information content (AvgIpc) is 2.88. The minimum atomic E-state index is -0.405. The standard InChI is InChI=1S/C15H20N2O3/c1-17-10-4-5-12(17)11-20-14-6-3-9-16-13(14)7-8-15(18)19-2/h3,6-9,12H,4-5,10-11H2,1-2H3/t12-/m0/s1. The molecule has 0 saturated carbocycles. The molecule has 5 nitrogen and oxygen atoms in total. The molecule has 0 unspecified atom stereocenters. The highest BCUT2D eigenvalue weighted by molar-refractivity contribution is 5.87. The molecule has 0 aliphatic carbocycles. The normalized spacial score (nSPS) is 19.4. The Labute approximate surface area is 119 Å². The molecule has 108 valence electrons. The van der Waals surface area contributed by atoms with Crippen molar-refractivity contribution in [3.05, 3.63) is 30.1 Å². The highest BCUT2D eigenvalue weighted by Crippen LogP contribution is 2.20. The Balaban J connectivity index is 2.00. The van der Waals surface area contributed by atoms with Gasteiger partial charge in [0, 0.05) is 18.3 Å². The molecule has 1 aromatic heterocycles. The van der Waals surface area contributed by atoms with E-state index in [-0.39, 0.29) is 0 Å². The summed E-state index contributed by atoms with van der Waals surface area (Å²) in [6.45, 7) is 1.76. The number of aromatic nitrogens is 1. The Morgan fingerprint density at radius 3 is 3.15 bits per heavy atom. The van der Waals surface area contributed by atoms with Crippen molar-refractivity contribution in [1.82, 2.24) is 9.88 Å². The van der Waals surface area contributed by atoms with Gasteiger partial charge in [-0.25, -0.2) is 4.79 Å². The van der Waals surface area contributed by atoms with E-state index in [0.717, 1.165) is 13.0 Å². The number of pyridine rings is 1. The van der Waals surface area contributed by atoms with Gasteiger partial charge in [0.05, 0.1) is 7.11 Å². The fourth-order valence-electron chi connectivity index (χ4n) is 2.24. The zero-order chi connectivity index (χ0) is 14.4. The first-order valence-electron chi connectivity index (χ1n) is 6.75. The number of likely N-dealkylation sites (tertiary alicyclic amines) is 1. The van der Waals surface area contributed by atoms with Gasteiger partial charge >= 0.3 is 5.97 Å². The van der Waals surface area contributed by atoms with Gasteiger partial charge in [0.2, 0.25) is 0 Å². The van der Waals surface area contributed by atoms with Crippen molar-refractivity contribution < 1.29 is 14.3 Å². The largest absolute Gasteiger partial charge is 0.490 e. The molecule has 1 atom stereocenters. The smallest absolute Gasteiger partial charge is 0.330 e. The molecule has 1 aliphatic heterocycles. The number of carbonyl (C=O) groups is 1. The van der Waals surface area contributed by atoms with Crippen LogP contribution in [0, 0.1) is 0 Å². The predicted octanol–water partition coefficient (Wildman–Crippen LogP) is 1.74. The van der Waals surface area contributed by atoms with Gasteiger partial charge < -0.3 is 14.4 Å². The van der Waals surface area contributed by atoms with Crippen LogP contribution in [0.4, 0.5) is 0 Å². The molecular weight excluding hydrogens is 256 g/mol. The molecule has 0 N–H and O–H groups in total. The van der Waals surface area contributed by atoms with E-state index in [1.165, 1.54) is 19.6 Å². The van der Waals surface area contributed by atoms with Crippen molar-refractivity contribution in [3.63, 3.8) is 0 Å². The van der Waals surface area contributed by atoms with Gasteiger partial charge in [-0.05, 0) is 44.6 Å². The summed E-state index contributed by atoms with van der Waals surface area (Å²) in [6.07, 6.45) is 7.00. The Bertz CT molecular complexity index is 488. The van der Waals surface area contributed by atoms with Crippen LogP contribution >= 0.6 is 0 Å². The maximum atomic E-state index is 11.1. The second kappa shape index (κ2) is 7.05. The summed E-state index contributed by atoms with van der Waals surface area (Å²) in [5.74, 6) is 0.282. The van der Waals surface area contributed by atoms with Crippen LogP contribution in [0.15, 0.2) is 24.4 Å². The third-order valence-corrected chi connectivity index (χ3v) is 3.48. The zero-order valence-electron chi connectivity index (χ0n) is 11.9. The Kier molecular flexibility index (Phi) is 5.12. The quantitative estimate of drug-likeness (QED) is 0.605. The van der Waals surface area contributed by atoms with Crippen molar-refractivity contribution in [2.24, 2.45) is 0 Å². The molecule has 0 bridgehead atoms. The van der Waals surface area contributed by atoms with Crippen LogP contribution in [0.5, 0.6) is 5.75 Å². The SMILES string of the molecule is COC(=O)C=Cc1ncccc1OC[C@@H]1CCCN1C.